The van der Waals surface area contributed by atoms with E-state index in [9.17, 15) is 9.90 Å². The lowest BCUT2D eigenvalue weighted by Gasteiger charge is -2.34. The molecule has 4 nitrogen and oxygen atoms in total. The number of aliphatic carboxylic acids is 1. The fraction of sp³-hybridized carbons (Fsp3) is 0.533. The molecule has 2 rings (SSSR count). The fourth-order valence-corrected chi connectivity index (χ4v) is 2.68. The lowest BCUT2D eigenvalue weighted by molar-refractivity contribution is -0.146. The highest BCUT2D eigenvalue weighted by molar-refractivity contribution is 5.85. The summed E-state index contributed by atoms with van der Waals surface area (Å²) in [6.45, 7) is 0.559. The summed E-state index contributed by atoms with van der Waals surface area (Å²) in [5, 5.41) is 12.7. The lowest BCUT2D eigenvalue weighted by Crippen LogP contribution is -2.52. The zero-order valence-electron chi connectivity index (χ0n) is 11.7. The third-order valence-corrected chi connectivity index (χ3v) is 3.88. The maximum atomic E-state index is 11.5. The number of ether oxygens (including phenoxy) is 1. The van der Waals surface area contributed by atoms with E-state index in [2.05, 4.69) is 5.32 Å². The summed E-state index contributed by atoms with van der Waals surface area (Å²) in [6.07, 6.45) is 4.53. The molecule has 1 fully saturated rings. The van der Waals surface area contributed by atoms with E-state index in [0.717, 1.165) is 30.6 Å². The van der Waals surface area contributed by atoms with Crippen LogP contribution in [0, 0.1) is 0 Å². The van der Waals surface area contributed by atoms with E-state index in [1.165, 1.54) is 0 Å². The maximum Gasteiger partial charge on any atom is 0.323 e. The Bertz CT molecular complexity index is 444. The molecule has 1 aliphatic rings. The van der Waals surface area contributed by atoms with Crippen LogP contribution in [0.15, 0.2) is 24.3 Å². The zero-order chi connectivity index (χ0) is 13.7. The number of carbonyl (C=O) groups is 1. The van der Waals surface area contributed by atoms with E-state index < -0.39 is 11.5 Å². The quantitative estimate of drug-likeness (QED) is 0.877. The first-order chi connectivity index (χ1) is 9.16. The van der Waals surface area contributed by atoms with Gasteiger partial charge in [-0.2, -0.15) is 0 Å². The Morgan fingerprint density at radius 2 is 2.05 bits per heavy atom. The number of hydrogen-bond acceptors (Lipinski definition) is 3. The van der Waals surface area contributed by atoms with E-state index in [4.69, 9.17) is 4.74 Å². The number of rotatable bonds is 5. The van der Waals surface area contributed by atoms with Gasteiger partial charge >= 0.3 is 5.97 Å². The minimum Gasteiger partial charge on any atom is -0.497 e. The second kappa shape index (κ2) is 7.50. The lowest BCUT2D eigenvalue weighted by atomic mass is 9.81. The summed E-state index contributed by atoms with van der Waals surface area (Å²) in [4.78, 5) is 11.5. The van der Waals surface area contributed by atoms with Crippen molar-refractivity contribution in [1.82, 2.24) is 5.32 Å². The van der Waals surface area contributed by atoms with Gasteiger partial charge in [-0.05, 0) is 30.5 Å². The number of carboxylic acid groups (broad SMARTS) is 1. The van der Waals surface area contributed by atoms with Gasteiger partial charge in [-0.15, -0.1) is 12.4 Å². The smallest absolute Gasteiger partial charge is 0.323 e. The molecule has 1 saturated carbocycles. The molecule has 0 bridgehead atoms. The minimum absolute atomic E-state index is 0. The van der Waals surface area contributed by atoms with Crippen molar-refractivity contribution in [3.63, 3.8) is 0 Å². The summed E-state index contributed by atoms with van der Waals surface area (Å²) >= 11 is 0. The van der Waals surface area contributed by atoms with Crippen LogP contribution >= 0.6 is 12.4 Å². The predicted octanol–water partition coefficient (Wildman–Crippen LogP) is 2.99. The second-order valence-corrected chi connectivity index (χ2v) is 5.15. The van der Waals surface area contributed by atoms with E-state index in [0.29, 0.717) is 19.4 Å². The van der Waals surface area contributed by atoms with Gasteiger partial charge in [-0.3, -0.25) is 10.1 Å². The van der Waals surface area contributed by atoms with Crippen molar-refractivity contribution in [3.8, 4) is 5.75 Å². The normalized spacial score (nSPS) is 17.1. The van der Waals surface area contributed by atoms with Gasteiger partial charge in [0.25, 0.3) is 0 Å². The van der Waals surface area contributed by atoms with Crippen molar-refractivity contribution >= 4 is 18.4 Å². The van der Waals surface area contributed by atoms with Crippen LogP contribution < -0.4 is 10.1 Å². The summed E-state index contributed by atoms with van der Waals surface area (Å²) < 4.78 is 5.18. The minimum atomic E-state index is -0.749. The Kier molecular flexibility index (Phi) is 6.30. The SMILES string of the molecule is COc1cccc(CNC2(C(=O)O)CCCCC2)c1.Cl. The molecule has 0 aliphatic heterocycles. The Hall–Kier alpha value is -1.26. The van der Waals surface area contributed by atoms with Gasteiger partial charge in [0.1, 0.15) is 11.3 Å². The van der Waals surface area contributed by atoms with E-state index in [1.54, 1.807) is 7.11 Å². The van der Waals surface area contributed by atoms with Gasteiger partial charge in [0.2, 0.25) is 0 Å². The Morgan fingerprint density at radius 3 is 2.65 bits per heavy atom. The Balaban J connectivity index is 0.00000200. The molecule has 0 spiro atoms. The number of halogens is 1. The molecule has 0 amide bonds. The number of carboxylic acids is 1. The molecule has 5 heteroatoms. The van der Waals surface area contributed by atoms with Gasteiger partial charge in [-0.25, -0.2) is 0 Å². The fourth-order valence-electron chi connectivity index (χ4n) is 2.68. The van der Waals surface area contributed by atoms with Crippen molar-refractivity contribution in [2.45, 2.75) is 44.2 Å². The highest BCUT2D eigenvalue weighted by atomic mass is 35.5. The average molecular weight is 300 g/mol. The van der Waals surface area contributed by atoms with Crippen LogP contribution in [0.2, 0.25) is 0 Å². The largest absolute Gasteiger partial charge is 0.497 e. The van der Waals surface area contributed by atoms with Crippen LogP contribution in [0.5, 0.6) is 5.75 Å². The van der Waals surface area contributed by atoms with E-state index in [1.807, 2.05) is 24.3 Å². The van der Waals surface area contributed by atoms with E-state index >= 15 is 0 Å². The molecular formula is C15H22ClNO3. The van der Waals surface area contributed by atoms with E-state index in [-0.39, 0.29) is 12.4 Å². The molecule has 20 heavy (non-hydrogen) atoms. The topological polar surface area (TPSA) is 58.6 Å². The molecule has 1 aromatic rings. The number of methoxy groups -OCH3 is 1. The molecular weight excluding hydrogens is 278 g/mol. The van der Waals surface area contributed by atoms with Crippen LogP contribution in [0.4, 0.5) is 0 Å². The van der Waals surface area contributed by atoms with Gasteiger partial charge in [0.05, 0.1) is 7.11 Å². The third kappa shape index (κ3) is 3.87. The molecule has 0 heterocycles. The summed E-state index contributed by atoms with van der Waals surface area (Å²) in [5.41, 5.74) is 0.298. The third-order valence-electron chi connectivity index (χ3n) is 3.88. The van der Waals surface area contributed by atoms with Crippen molar-refractivity contribution in [1.29, 1.82) is 0 Å². The maximum absolute atomic E-state index is 11.5. The van der Waals surface area contributed by atoms with Gasteiger partial charge < -0.3 is 9.84 Å². The first-order valence-corrected chi connectivity index (χ1v) is 6.78. The predicted molar refractivity (Wildman–Crippen MR) is 80.5 cm³/mol. The van der Waals surface area contributed by atoms with Crippen molar-refractivity contribution < 1.29 is 14.6 Å². The Labute approximate surface area is 125 Å². The molecule has 1 aliphatic carbocycles. The second-order valence-electron chi connectivity index (χ2n) is 5.15. The van der Waals surface area contributed by atoms with Crippen molar-refractivity contribution in [2.24, 2.45) is 0 Å². The molecule has 112 valence electrons. The molecule has 1 aromatic carbocycles. The molecule has 0 radical (unpaired) electrons. The zero-order valence-corrected chi connectivity index (χ0v) is 12.5. The monoisotopic (exact) mass is 299 g/mol. The van der Waals surface area contributed by atoms with Gasteiger partial charge in [-0.1, -0.05) is 31.4 Å². The summed E-state index contributed by atoms with van der Waals surface area (Å²) in [5.74, 6) is 0.0717. The molecule has 0 unspecified atom stereocenters. The highest BCUT2D eigenvalue weighted by Crippen LogP contribution is 2.29. The molecule has 0 aromatic heterocycles. The van der Waals surface area contributed by atoms with Gasteiger partial charge in [0, 0.05) is 6.54 Å². The number of nitrogens with one attached hydrogen (secondary N) is 1. The first-order valence-electron chi connectivity index (χ1n) is 6.78. The first kappa shape index (κ1) is 16.8. The van der Waals surface area contributed by atoms with Crippen molar-refractivity contribution in [2.75, 3.05) is 7.11 Å². The summed E-state index contributed by atoms with van der Waals surface area (Å²) in [6, 6.07) is 7.72. The average Bonchev–Trinajstić information content (AvgIpc) is 2.46. The van der Waals surface area contributed by atoms with Crippen LogP contribution in [-0.4, -0.2) is 23.7 Å². The standard InChI is InChI=1S/C15H21NO3.ClH/c1-19-13-7-5-6-12(10-13)11-16-15(14(17)18)8-3-2-4-9-15;/h5-7,10,16H,2-4,8-9,11H2,1H3,(H,17,18);1H. The molecule has 0 saturated heterocycles. The molecule has 0 atom stereocenters. The number of benzene rings is 1. The van der Waals surface area contributed by atoms with Crippen molar-refractivity contribution in [3.05, 3.63) is 29.8 Å². The Morgan fingerprint density at radius 1 is 1.35 bits per heavy atom. The van der Waals surface area contributed by atoms with Crippen LogP contribution in [0.1, 0.15) is 37.7 Å². The highest BCUT2D eigenvalue weighted by Gasteiger charge is 2.38. The van der Waals surface area contributed by atoms with Gasteiger partial charge in [0.15, 0.2) is 0 Å². The van der Waals surface area contributed by atoms with Crippen LogP contribution in [0.25, 0.3) is 0 Å². The summed E-state index contributed by atoms with van der Waals surface area (Å²) in [7, 11) is 1.63. The van der Waals surface area contributed by atoms with Crippen LogP contribution in [0.3, 0.4) is 0 Å². The number of hydrogen-bond donors (Lipinski definition) is 2. The molecule has 2 N–H and O–H groups in total. The van der Waals surface area contributed by atoms with Crippen LogP contribution in [-0.2, 0) is 11.3 Å².